The van der Waals surface area contributed by atoms with Crippen molar-refractivity contribution in [3.8, 4) is 11.5 Å². The molecule has 0 amide bonds. The van der Waals surface area contributed by atoms with Gasteiger partial charge in [0.25, 0.3) is 5.56 Å². The Labute approximate surface area is 151 Å². The van der Waals surface area contributed by atoms with Crippen LogP contribution in [0, 0.1) is 0 Å². The maximum atomic E-state index is 13.1. The Morgan fingerprint density at radius 1 is 0.962 bits per heavy atom. The van der Waals surface area contributed by atoms with Crippen molar-refractivity contribution in [3.05, 3.63) is 68.9 Å². The summed E-state index contributed by atoms with van der Waals surface area (Å²) in [5.41, 5.74) is 0.830. The van der Waals surface area contributed by atoms with E-state index in [1.807, 2.05) is 44.2 Å². The van der Waals surface area contributed by atoms with Crippen molar-refractivity contribution < 1.29 is 9.47 Å². The number of fused-ring (bicyclic) bond motifs is 1. The van der Waals surface area contributed by atoms with E-state index in [2.05, 4.69) is 0 Å². The minimum absolute atomic E-state index is 0.255. The van der Waals surface area contributed by atoms with Gasteiger partial charge in [0.1, 0.15) is 0 Å². The van der Waals surface area contributed by atoms with Gasteiger partial charge in [-0.25, -0.2) is 4.79 Å². The van der Waals surface area contributed by atoms with E-state index in [4.69, 9.17) is 9.47 Å². The first kappa shape index (κ1) is 17.8. The second-order valence-electron chi connectivity index (χ2n) is 6.35. The number of methoxy groups -OCH3 is 2. The van der Waals surface area contributed by atoms with Crippen LogP contribution in [0.25, 0.3) is 10.9 Å². The van der Waals surface area contributed by atoms with Gasteiger partial charge in [-0.15, -0.1) is 0 Å². The molecule has 136 valence electrons. The highest BCUT2D eigenvalue weighted by Crippen LogP contribution is 2.30. The van der Waals surface area contributed by atoms with Crippen LogP contribution in [0.2, 0.25) is 0 Å². The van der Waals surface area contributed by atoms with E-state index in [1.54, 1.807) is 16.7 Å². The van der Waals surface area contributed by atoms with Gasteiger partial charge in [-0.3, -0.25) is 13.9 Å². The summed E-state index contributed by atoms with van der Waals surface area (Å²) >= 11 is 0. The number of ether oxygens (including phenoxy) is 2. The first-order valence-corrected chi connectivity index (χ1v) is 8.43. The zero-order valence-corrected chi connectivity index (χ0v) is 15.4. The van der Waals surface area contributed by atoms with Crippen LogP contribution in [0.4, 0.5) is 0 Å². The summed E-state index contributed by atoms with van der Waals surface area (Å²) in [6.45, 7) is 4.00. The third kappa shape index (κ3) is 2.98. The van der Waals surface area contributed by atoms with Crippen LogP contribution in [0.5, 0.6) is 11.5 Å². The fourth-order valence-corrected chi connectivity index (χ4v) is 3.09. The lowest BCUT2D eigenvalue weighted by Crippen LogP contribution is -2.41. The van der Waals surface area contributed by atoms with Gasteiger partial charge in [0, 0.05) is 12.1 Å². The van der Waals surface area contributed by atoms with Crippen LogP contribution in [0.1, 0.15) is 25.5 Å². The molecule has 0 aliphatic rings. The molecule has 0 radical (unpaired) electrons. The molecule has 0 saturated carbocycles. The Balaban J connectivity index is 2.40. The lowest BCUT2D eigenvalue weighted by Gasteiger charge is -2.18. The molecule has 26 heavy (non-hydrogen) atoms. The fourth-order valence-electron chi connectivity index (χ4n) is 3.09. The van der Waals surface area contributed by atoms with E-state index >= 15 is 0 Å². The zero-order valence-electron chi connectivity index (χ0n) is 15.4. The molecule has 2 aromatic carbocycles. The van der Waals surface area contributed by atoms with Crippen LogP contribution in [-0.4, -0.2) is 23.4 Å². The summed E-state index contributed by atoms with van der Waals surface area (Å²) in [7, 11) is 3.04. The highest BCUT2D eigenvalue weighted by Gasteiger charge is 2.18. The quantitative estimate of drug-likeness (QED) is 0.707. The maximum Gasteiger partial charge on any atom is 0.332 e. The summed E-state index contributed by atoms with van der Waals surface area (Å²) in [5, 5.41) is 0.423. The largest absolute Gasteiger partial charge is 0.493 e. The molecule has 0 fully saturated rings. The van der Waals surface area contributed by atoms with Crippen molar-refractivity contribution in [1.29, 1.82) is 0 Å². The molecular formula is C20H22N2O4. The number of benzene rings is 2. The van der Waals surface area contributed by atoms with Gasteiger partial charge in [-0.05, 0) is 25.5 Å². The van der Waals surface area contributed by atoms with Gasteiger partial charge in [0.2, 0.25) is 0 Å². The predicted molar refractivity (Wildman–Crippen MR) is 102 cm³/mol. The van der Waals surface area contributed by atoms with Crippen molar-refractivity contribution >= 4 is 10.9 Å². The molecule has 0 atom stereocenters. The lowest BCUT2D eigenvalue weighted by atomic mass is 10.1. The highest BCUT2D eigenvalue weighted by atomic mass is 16.5. The van der Waals surface area contributed by atoms with Crippen molar-refractivity contribution in [3.63, 3.8) is 0 Å². The molecule has 3 rings (SSSR count). The van der Waals surface area contributed by atoms with E-state index in [-0.39, 0.29) is 17.3 Å². The first-order valence-electron chi connectivity index (χ1n) is 8.43. The van der Waals surface area contributed by atoms with Crippen molar-refractivity contribution in [2.24, 2.45) is 0 Å². The van der Waals surface area contributed by atoms with Crippen molar-refractivity contribution in [2.45, 2.75) is 26.4 Å². The Morgan fingerprint density at radius 3 is 2.15 bits per heavy atom. The molecule has 0 spiro atoms. The molecule has 0 aliphatic carbocycles. The average molecular weight is 354 g/mol. The maximum absolute atomic E-state index is 13.1. The fraction of sp³-hybridized carbons (Fsp3) is 0.300. The Kier molecular flexibility index (Phi) is 4.84. The number of aromatic nitrogens is 2. The zero-order chi connectivity index (χ0) is 18.8. The van der Waals surface area contributed by atoms with E-state index in [0.717, 1.165) is 5.56 Å². The van der Waals surface area contributed by atoms with Gasteiger partial charge in [0.05, 0.1) is 31.7 Å². The minimum Gasteiger partial charge on any atom is -0.493 e. The number of rotatable bonds is 5. The molecule has 6 nitrogen and oxygen atoms in total. The van der Waals surface area contributed by atoms with Crippen LogP contribution in [-0.2, 0) is 6.54 Å². The lowest BCUT2D eigenvalue weighted by molar-refractivity contribution is 0.355. The van der Waals surface area contributed by atoms with Gasteiger partial charge in [0.15, 0.2) is 11.5 Å². The molecule has 1 aromatic heterocycles. The summed E-state index contributed by atoms with van der Waals surface area (Å²) in [4.78, 5) is 26.0. The van der Waals surface area contributed by atoms with Crippen LogP contribution >= 0.6 is 0 Å². The third-order valence-corrected chi connectivity index (χ3v) is 4.38. The normalized spacial score (nSPS) is 11.1. The van der Waals surface area contributed by atoms with E-state index in [9.17, 15) is 9.59 Å². The van der Waals surface area contributed by atoms with E-state index in [1.165, 1.54) is 18.8 Å². The van der Waals surface area contributed by atoms with E-state index in [0.29, 0.717) is 28.9 Å². The van der Waals surface area contributed by atoms with Gasteiger partial charge < -0.3 is 9.47 Å². The monoisotopic (exact) mass is 354 g/mol. The molecule has 0 bridgehead atoms. The Bertz CT molecular complexity index is 1050. The molecule has 0 aliphatic heterocycles. The van der Waals surface area contributed by atoms with Gasteiger partial charge >= 0.3 is 5.69 Å². The number of nitrogens with zero attached hydrogens (tertiary/aromatic N) is 2. The topological polar surface area (TPSA) is 62.5 Å². The molecule has 0 N–H and O–H groups in total. The molecule has 0 saturated heterocycles. The van der Waals surface area contributed by atoms with Crippen LogP contribution in [0.3, 0.4) is 0 Å². The Hall–Kier alpha value is -3.02. The second-order valence-corrected chi connectivity index (χ2v) is 6.35. The van der Waals surface area contributed by atoms with Crippen LogP contribution < -0.4 is 20.7 Å². The van der Waals surface area contributed by atoms with Crippen molar-refractivity contribution in [2.75, 3.05) is 14.2 Å². The van der Waals surface area contributed by atoms with Gasteiger partial charge in [-0.2, -0.15) is 0 Å². The summed E-state index contributed by atoms with van der Waals surface area (Å²) in [6, 6.07) is 12.7. The molecular weight excluding hydrogens is 332 g/mol. The molecule has 1 heterocycles. The minimum atomic E-state index is -0.339. The summed E-state index contributed by atoms with van der Waals surface area (Å²) in [5.74, 6) is 0.931. The van der Waals surface area contributed by atoms with Gasteiger partial charge in [-0.1, -0.05) is 30.3 Å². The predicted octanol–water partition coefficient (Wildman–Crippen LogP) is 2.81. The molecule has 6 heteroatoms. The smallest absolute Gasteiger partial charge is 0.332 e. The summed E-state index contributed by atoms with van der Waals surface area (Å²) < 4.78 is 13.6. The van der Waals surface area contributed by atoms with Crippen LogP contribution in [0.15, 0.2) is 52.1 Å². The average Bonchev–Trinajstić information content (AvgIpc) is 2.64. The second kappa shape index (κ2) is 7.07. The third-order valence-electron chi connectivity index (χ3n) is 4.38. The standard InChI is InChI=1S/C20H22N2O4/c1-13(2)22-19(23)15-10-17(25-3)18(26-4)11-16(15)21(20(22)24)12-14-8-6-5-7-9-14/h5-11,13H,12H2,1-4H3. The first-order chi connectivity index (χ1) is 12.5. The highest BCUT2D eigenvalue weighted by molar-refractivity contribution is 5.82. The Morgan fingerprint density at radius 2 is 1.58 bits per heavy atom. The number of hydrogen-bond donors (Lipinski definition) is 0. The van der Waals surface area contributed by atoms with E-state index < -0.39 is 0 Å². The SMILES string of the molecule is COc1cc2c(=O)n(C(C)C)c(=O)n(Cc3ccccc3)c2cc1OC. The number of hydrogen-bond acceptors (Lipinski definition) is 4. The van der Waals surface area contributed by atoms with Crippen molar-refractivity contribution in [1.82, 2.24) is 9.13 Å². The molecule has 0 unspecified atom stereocenters. The molecule has 3 aromatic rings. The summed E-state index contributed by atoms with van der Waals surface area (Å²) in [6.07, 6.45) is 0.